The fourth-order valence-corrected chi connectivity index (χ4v) is 1.69. The normalized spacial score (nSPS) is 21.5. The molecule has 1 aliphatic heterocycles. The van der Waals surface area contributed by atoms with E-state index in [1.54, 1.807) is 0 Å². The number of carbonyl (C=O) groups is 1. The van der Waals surface area contributed by atoms with E-state index in [-0.39, 0.29) is 11.6 Å². The van der Waals surface area contributed by atoms with E-state index in [0.717, 1.165) is 26.1 Å². The van der Waals surface area contributed by atoms with Gasteiger partial charge in [-0.15, -0.1) is 0 Å². The van der Waals surface area contributed by atoms with Gasteiger partial charge in [-0.1, -0.05) is 0 Å². The topological polar surface area (TPSA) is 41.6 Å². The van der Waals surface area contributed by atoms with Crippen molar-refractivity contribution in [1.29, 1.82) is 0 Å². The molecule has 0 bridgehead atoms. The highest BCUT2D eigenvalue weighted by molar-refractivity contribution is 5.68. The zero-order valence-corrected chi connectivity index (χ0v) is 9.30. The van der Waals surface area contributed by atoms with Crippen molar-refractivity contribution in [3.63, 3.8) is 0 Å². The van der Waals surface area contributed by atoms with Crippen LogP contribution in [-0.2, 0) is 4.74 Å². The number of amides is 1. The number of nitrogens with one attached hydrogen (secondary N) is 1. The molecule has 1 heterocycles. The van der Waals surface area contributed by atoms with Crippen molar-refractivity contribution in [2.24, 2.45) is 0 Å². The summed E-state index contributed by atoms with van der Waals surface area (Å²) in [6, 6.07) is 0. The lowest BCUT2D eigenvalue weighted by Crippen LogP contribution is -2.51. The summed E-state index contributed by atoms with van der Waals surface area (Å²) in [5.74, 6) is 0. The number of ether oxygens (including phenoxy) is 1. The quantitative estimate of drug-likeness (QED) is 0.692. The van der Waals surface area contributed by atoms with Crippen LogP contribution < -0.4 is 5.32 Å². The first-order chi connectivity index (χ1) is 6.58. The van der Waals surface area contributed by atoms with E-state index in [2.05, 4.69) is 19.2 Å². The molecule has 0 saturated carbocycles. The first kappa shape index (κ1) is 11.3. The highest BCUT2D eigenvalue weighted by Gasteiger charge is 2.32. The number of nitrogens with zero attached hydrogens (tertiary/aromatic N) is 1. The molecule has 1 saturated heterocycles. The SMILES string of the molecule is CCOC(=O)N1CCCNCC1(C)C. The predicted molar refractivity (Wildman–Crippen MR) is 55.3 cm³/mol. The molecule has 0 spiro atoms. The molecule has 0 aromatic rings. The summed E-state index contributed by atoms with van der Waals surface area (Å²) in [6.07, 6.45) is 0.795. The maximum absolute atomic E-state index is 11.6. The van der Waals surface area contributed by atoms with Gasteiger partial charge in [0.2, 0.25) is 0 Å². The summed E-state index contributed by atoms with van der Waals surface area (Å²) in [7, 11) is 0. The van der Waals surface area contributed by atoms with E-state index >= 15 is 0 Å². The van der Waals surface area contributed by atoms with Crippen LogP contribution in [0.15, 0.2) is 0 Å². The third-order valence-electron chi connectivity index (χ3n) is 2.51. The molecule has 4 nitrogen and oxygen atoms in total. The Morgan fingerprint density at radius 2 is 2.29 bits per heavy atom. The molecule has 1 aliphatic rings. The van der Waals surface area contributed by atoms with Gasteiger partial charge in [0.1, 0.15) is 0 Å². The average molecular weight is 200 g/mol. The minimum atomic E-state index is -0.193. The summed E-state index contributed by atoms with van der Waals surface area (Å²) in [5.41, 5.74) is -0.150. The Balaban J connectivity index is 2.66. The summed E-state index contributed by atoms with van der Waals surface area (Å²) in [6.45, 7) is 8.97. The fraction of sp³-hybridized carbons (Fsp3) is 0.900. The van der Waals surface area contributed by atoms with Crippen LogP contribution in [0.5, 0.6) is 0 Å². The zero-order valence-electron chi connectivity index (χ0n) is 9.30. The van der Waals surface area contributed by atoms with E-state index < -0.39 is 0 Å². The molecule has 4 heteroatoms. The molecule has 1 amide bonds. The average Bonchev–Trinajstić information content (AvgIpc) is 2.26. The predicted octanol–water partition coefficient (Wildman–Crippen LogP) is 1.22. The first-order valence-corrected chi connectivity index (χ1v) is 5.23. The van der Waals surface area contributed by atoms with E-state index in [1.807, 2.05) is 11.8 Å². The third-order valence-corrected chi connectivity index (χ3v) is 2.51. The van der Waals surface area contributed by atoms with Gasteiger partial charge >= 0.3 is 6.09 Å². The number of carbonyl (C=O) groups excluding carboxylic acids is 1. The second kappa shape index (κ2) is 4.64. The number of rotatable bonds is 1. The number of hydrogen-bond acceptors (Lipinski definition) is 3. The fourth-order valence-electron chi connectivity index (χ4n) is 1.69. The Morgan fingerprint density at radius 3 is 2.93 bits per heavy atom. The van der Waals surface area contributed by atoms with Gasteiger partial charge < -0.3 is 15.0 Å². The van der Waals surface area contributed by atoms with E-state index in [1.165, 1.54) is 0 Å². The maximum Gasteiger partial charge on any atom is 0.410 e. The first-order valence-electron chi connectivity index (χ1n) is 5.23. The van der Waals surface area contributed by atoms with Crippen LogP contribution in [-0.4, -0.2) is 42.8 Å². The van der Waals surface area contributed by atoms with Crippen molar-refractivity contribution in [2.75, 3.05) is 26.2 Å². The molecule has 82 valence electrons. The van der Waals surface area contributed by atoms with Gasteiger partial charge in [0, 0.05) is 13.1 Å². The minimum Gasteiger partial charge on any atom is -0.450 e. The van der Waals surface area contributed by atoms with Crippen LogP contribution in [0, 0.1) is 0 Å². The van der Waals surface area contributed by atoms with Gasteiger partial charge in [0.15, 0.2) is 0 Å². The highest BCUT2D eigenvalue weighted by Crippen LogP contribution is 2.17. The Bertz CT molecular complexity index is 204. The molecule has 0 aliphatic carbocycles. The standard InChI is InChI=1S/C10H20N2O2/c1-4-14-9(13)12-7-5-6-11-8-10(12,2)3/h11H,4-8H2,1-3H3. The van der Waals surface area contributed by atoms with Gasteiger partial charge in [0.25, 0.3) is 0 Å². The molecule has 0 radical (unpaired) electrons. The van der Waals surface area contributed by atoms with Crippen LogP contribution in [0.1, 0.15) is 27.2 Å². The van der Waals surface area contributed by atoms with Gasteiger partial charge in [0.05, 0.1) is 12.1 Å². The Labute approximate surface area is 85.6 Å². The molecule has 14 heavy (non-hydrogen) atoms. The van der Waals surface area contributed by atoms with Crippen LogP contribution in [0.25, 0.3) is 0 Å². The van der Waals surface area contributed by atoms with E-state index in [4.69, 9.17) is 4.74 Å². The van der Waals surface area contributed by atoms with Crippen molar-refractivity contribution in [3.8, 4) is 0 Å². The molecule has 0 unspecified atom stereocenters. The lowest BCUT2D eigenvalue weighted by Gasteiger charge is -2.35. The van der Waals surface area contributed by atoms with Gasteiger partial charge in [-0.05, 0) is 33.7 Å². The van der Waals surface area contributed by atoms with Crippen molar-refractivity contribution in [2.45, 2.75) is 32.7 Å². The summed E-state index contributed by atoms with van der Waals surface area (Å²) in [5, 5.41) is 3.32. The highest BCUT2D eigenvalue weighted by atomic mass is 16.6. The van der Waals surface area contributed by atoms with Crippen LogP contribution in [0.3, 0.4) is 0 Å². The summed E-state index contributed by atoms with van der Waals surface area (Å²) >= 11 is 0. The molecular formula is C10H20N2O2. The van der Waals surface area contributed by atoms with E-state index in [0.29, 0.717) is 6.61 Å². The van der Waals surface area contributed by atoms with Crippen molar-refractivity contribution in [1.82, 2.24) is 10.2 Å². The molecule has 1 N–H and O–H groups in total. The Hall–Kier alpha value is -0.770. The molecule has 0 atom stereocenters. The van der Waals surface area contributed by atoms with Crippen molar-refractivity contribution >= 4 is 6.09 Å². The lowest BCUT2D eigenvalue weighted by atomic mass is 10.0. The molecule has 1 rings (SSSR count). The second-order valence-electron chi connectivity index (χ2n) is 4.19. The van der Waals surface area contributed by atoms with Crippen LogP contribution in [0.4, 0.5) is 4.79 Å². The van der Waals surface area contributed by atoms with Crippen LogP contribution in [0.2, 0.25) is 0 Å². The largest absolute Gasteiger partial charge is 0.450 e. The lowest BCUT2D eigenvalue weighted by molar-refractivity contribution is 0.0704. The minimum absolute atomic E-state index is 0.150. The Morgan fingerprint density at radius 1 is 1.57 bits per heavy atom. The van der Waals surface area contributed by atoms with E-state index in [9.17, 15) is 4.79 Å². The van der Waals surface area contributed by atoms with Crippen molar-refractivity contribution < 1.29 is 9.53 Å². The molecule has 1 fully saturated rings. The van der Waals surface area contributed by atoms with Crippen molar-refractivity contribution in [3.05, 3.63) is 0 Å². The van der Waals surface area contributed by atoms with Gasteiger partial charge in [-0.3, -0.25) is 0 Å². The second-order valence-corrected chi connectivity index (χ2v) is 4.19. The maximum atomic E-state index is 11.6. The summed E-state index contributed by atoms with van der Waals surface area (Å²) in [4.78, 5) is 13.5. The molecule has 0 aromatic carbocycles. The third kappa shape index (κ3) is 2.61. The zero-order chi connectivity index (χ0) is 10.6. The Kier molecular flexibility index (Phi) is 3.75. The number of hydrogen-bond donors (Lipinski definition) is 1. The van der Waals surface area contributed by atoms with Crippen LogP contribution >= 0.6 is 0 Å². The monoisotopic (exact) mass is 200 g/mol. The smallest absolute Gasteiger partial charge is 0.410 e. The molecular weight excluding hydrogens is 180 g/mol. The van der Waals surface area contributed by atoms with Gasteiger partial charge in [-0.25, -0.2) is 4.79 Å². The summed E-state index contributed by atoms with van der Waals surface area (Å²) < 4.78 is 5.03. The van der Waals surface area contributed by atoms with Gasteiger partial charge in [-0.2, -0.15) is 0 Å². The molecule has 0 aromatic heterocycles.